The highest BCUT2D eigenvalue weighted by Crippen LogP contribution is 2.22. The second-order valence-electron chi connectivity index (χ2n) is 3.20. The fourth-order valence-corrected chi connectivity index (χ4v) is 1.72. The quantitative estimate of drug-likeness (QED) is 0.651. The first-order valence-corrected chi connectivity index (χ1v) is 4.33. The van der Waals surface area contributed by atoms with Gasteiger partial charge in [-0.25, -0.2) is 5.32 Å². The summed E-state index contributed by atoms with van der Waals surface area (Å²) in [4.78, 5) is 0. The highest BCUT2D eigenvalue weighted by Gasteiger charge is 2.17. The first kappa shape index (κ1) is 7.77. The van der Waals surface area contributed by atoms with Crippen LogP contribution < -0.4 is 11.1 Å². The predicted octanol–water partition coefficient (Wildman–Crippen LogP) is 0.847. The molecule has 2 rings (SSSR count). The molecular formula is C10H13N2. The summed E-state index contributed by atoms with van der Waals surface area (Å²) in [6.07, 6.45) is 0. The minimum Gasteiger partial charge on any atom is -0.330 e. The summed E-state index contributed by atoms with van der Waals surface area (Å²) in [6, 6.07) is 8.45. The zero-order valence-corrected chi connectivity index (χ0v) is 7.03. The van der Waals surface area contributed by atoms with E-state index in [-0.39, 0.29) is 0 Å². The van der Waals surface area contributed by atoms with Crippen LogP contribution in [0.5, 0.6) is 0 Å². The van der Waals surface area contributed by atoms with Crippen molar-refractivity contribution in [3.8, 4) is 0 Å². The third-order valence-electron chi connectivity index (χ3n) is 2.41. The van der Waals surface area contributed by atoms with E-state index in [2.05, 4.69) is 29.6 Å². The van der Waals surface area contributed by atoms with Crippen molar-refractivity contribution in [2.45, 2.75) is 12.5 Å². The lowest BCUT2D eigenvalue weighted by Gasteiger charge is -2.23. The molecule has 0 spiro atoms. The average Bonchev–Trinajstić information content (AvgIpc) is 2.17. The Bertz CT molecular complexity index is 270. The summed E-state index contributed by atoms with van der Waals surface area (Å²) in [7, 11) is 0. The molecule has 0 aliphatic carbocycles. The van der Waals surface area contributed by atoms with Gasteiger partial charge in [-0.05, 0) is 11.1 Å². The molecule has 0 fully saturated rings. The van der Waals surface area contributed by atoms with Crippen molar-refractivity contribution < 1.29 is 0 Å². The van der Waals surface area contributed by atoms with Crippen LogP contribution in [0.25, 0.3) is 0 Å². The van der Waals surface area contributed by atoms with E-state index in [1.165, 1.54) is 11.1 Å². The van der Waals surface area contributed by atoms with Gasteiger partial charge in [0, 0.05) is 25.6 Å². The van der Waals surface area contributed by atoms with Crippen molar-refractivity contribution in [3.05, 3.63) is 35.4 Å². The van der Waals surface area contributed by atoms with Gasteiger partial charge >= 0.3 is 0 Å². The number of fused-ring (bicyclic) bond motifs is 1. The van der Waals surface area contributed by atoms with Crippen LogP contribution in [0.2, 0.25) is 0 Å². The van der Waals surface area contributed by atoms with Gasteiger partial charge < -0.3 is 5.73 Å². The summed E-state index contributed by atoms with van der Waals surface area (Å²) in [5.74, 6) is 0.454. The largest absolute Gasteiger partial charge is 0.330 e. The topological polar surface area (TPSA) is 40.1 Å². The monoisotopic (exact) mass is 161 g/mol. The van der Waals surface area contributed by atoms with Gasteiger partial charge in [0.15, 0.2) is 0 Å². The van der Waals surface area contributed by atoms with Crippen molar-refractivity contribution in [1.29, 1.82) is 0 Å². The minimum absolute atomic E-state index is 0.454. The van der Waals surface area contributed by atoms with Crippen molar-refractivity contribution in [1.82, 2.24) is 5.32 Å². The van der Waals surface area contributed by atoms with E-state index in [0.717, 1.165) is 13.1 Å². The minimum atomic E-state index is 0.454. The maximum atomic E-state index is 5.66. The summed E-state index contributed by atoms with van der Waals surface area (Å²) in [6.45, 7) is 2.47. The summed E-state index contributed by atoms with van der Waals surface area (Å²) in [5, 5.41) is 4.39. The number of hydrogen-bond acceptors (Lipinski definition) is 1. The highest BCUT2D eigenvalue weighted by molar-refractivity contribution is 5.32. The van der Waals surface area contributed by atoms with Crippen molar-refractivity contribution in [3.63, 3.8) is 0 Å². The lowest BCUT2D eigenvalue weighted by molar-refractivity contribution is 0.538. The highest BCUT2D eigenvalue weighted by atomic mass is 14.9. The van der Waals surface area contributed by atoms with Gasteiger partial charge in [-0.2, -0.15) is 0 Å². The maximum absolute atomic E-state index is 5.66. The van der Waals surface area contributed by atoms with Crippen LogP contribution in [0.1, 0.15) is 17.0 Å². The lowest BCUT2D eigenvalue weighted by atomic mass is 9.91. The Morgan fingerprint density at radius 1 is 1.42 bits per heavy atom. The zero-order chi connectivity index (χ0) is 8.39. The Kier molecular flexibility index (Phi) is 2.11. The van der Waals surface area contributed by atoms with Gasteiger partial charge in [-0.15, -0.1) is 0 Å². The van der Waals surface area contributed by atoms with Gasteiger partial charge in [0.25, 0.3) is 0 Å². The Morgan fingerprint density at radius 2 is 2.25 bits per heavy atom. The maximum Gasteiger partial charge on any atom is 0.0387 e. The lowest BCUT2D eigenvalue weighted by Crippen LogP contribution is -2.28. The molecule has 0 bridgehead atoms. The van der Waals surface area contributed by atoms with Crippen molar-refractivity contribution >= 4 is 0 Å². The Balaban J connectivity index is 2.37. The number of hydrogen-bond donors (Lipinski definition) is 1. The van der Waals surface area contributed by atoms with Crippen LogP contribution in [-0.4, -0.2) is 13.1 Å². The van der Waals surface area contributed by atoms with Crippen LogP contribution in [0.4, 0.5) is 0 Å². The summed E-state index contributed by atoms with van der Waals surface area (Å²) in [5.41, 5.74) is 8.40. The molecule has 0 aromatic heterocycles. The molecule has 0 saturated heterocycles. The molecule has 12 heavy (non-hydrogen) atoms. The van der Waals surface area contributed by atoms with E-state index >= 15 is 0 Å². The van der Waals surface area contributed by atoms with E-state index in [4.69, 9.17) is 5.73 Å². The molecule has 1 atom stereocenters. The van der Waals surface area contributed by atoms with Gasteiger partial charge in [0.1, 0.15) is 0 Å². The molecule has 2 N–H and O–H groups in total. The summed E-state index contributed by atoms with van der Waals surface area (Å²) >= 11 is 0. The zero-order valence-electron chi connectivity index (χ0n) is 7.03. The fraction of sp³-hybridized carbons (Fsp3) is 0.400. The number of benzene rings is 1. The molecule has 1 aromatic carbocycles. The van der Waals surface area contributed by atoms with E-state index < -0.39 is 0 Å². The molecule has 1 heterocycles. The molecular weight excluding hydrogens is 148 g/mol. The van der Waals surface area contributed by atoms with Crippen molar-refractivity contribution in [2.75, 3.05) is 13.1 Å². The van der Waals surface area contributed by atoms with E-state index in [9.17, 15) is 0 Å². The van der Waals surface area contributed by atoms with E-state index in [1.54, 1.807) is 0 Å². The molecule has 1 aromatic rings. The third kappa shape index (κ3) is 1.24. The Labute approximate surface area is 72.8 Å². The summed E-state index contributed by atoms with van der Waals surface area (Å²) < 4.78 is 0. The molecule has 2 heteroatoms. The molecule has 2 nitrogen and oxygen atoms in total. The molecule has 0 amide bonds. The Hall–Kier alpha value is -0.860. The number of rotatable bonds is 1. The predicted molar refractivity (Wildman–Crippen MR) is 48.9 cm³/mol. The SMILES string of the molecule is NCC1C[N]Cc2ccccc21. The second kappa shape index (κ2) is 3.25. The van der Waals surface area contributed by atoms with E-state index in [0.29, 0.717) is 12.5 Å². The molecule has 1 unspecified atom stereocenters. The standard InChI is InChI=1S/C10H13N2/c11-5-9-7-12-6-8-3-1-2-4-10(8)9/h1-4,9H,5-7,11H2. The second-order valence-corrected chi connectivity index (χ2v) is 3.20. The average molecular weight is 161 g/mol. The van der Waals surface area contributed by atoms with Crippen LogP contribution in [0.15, 0.2) is 24.3 Å². The molecule has 1 radical (unpaired) electrons. The first-order chi connectivity index (χ1) is 5.92. The van der Waals surface area contributed by atoms with Gasteiger partial charge in [-0.3, -0.25) is 0 Å². The van der Waals surface area contributed by atoms with Crippen LogP contribution >= 0.6 is 0 Å². The third-order valence-corrected chi connectivity index (χ3v) is 2.41. The van der Waals surface area contributed by atoms with Gasteiger partial charge in [-0.1, -0.05) is 24.3 Å². The van der Waals surface area contributed by atoms with Gasteiger partial charge in [0.05, 0.1) is 0 Å². The van der Waals surface area contributed by atoms with Crippen molar-refractivity contribution in [2.24, 2.45) is 5.73 Å². The Morgan fingerprint density at radius 3 is 3.08 bits per heavy atom. The van der Waals surface area contributed by atoms with Crippen LogP contribution in [0.3, 0.4) is 0 Å². The number of nitrogens with zero attached hydrogens (tertiary/aromatic N) is 1. The number of nitrogens with two attached hydrogens (primary N) is 1. The smallest absolute Gasteiger partial charge is 0.0387 e. The van der Waals surface area contributed by atoms with Gasteiger partial charge in [0.2, 0.25) is 0 Å². The molecule has 1 aliphatic heterocycles. The van der Waals surface area contributed by atoms with Crippen LogP contribution in [-0.2, 0) is 6.54 Å². The first-order valence-electron chi connectivity index (χ1n) is 4.33. The molecule has 63 valence electrons. The van der Waals surface area contributed by atoms with Crippen LogP contribution in [0, 0.1) is 0 Å². The fourth-order valence-electron chi connectivity index (χ4n) is 1.72. The molecule has 1 aliphatic rings. The van der Waals surface area contributed by atoms with E-state index in [1.807, 2.05) is 0 Å². The molecule has 0 saturated carbocycles. The normalized spacial score (nSPS) is 21.9.